The van der Waals surface area contributed by atoms with Gasteiger partial charge in [-0.05, 0) is 29.8 Å². The Morgan fingerprint density at radius 3 is 2.75 bits per heavy atom. The normalized spacial score (nSPS) is 9.81. The Balaban J connectivity index is 2.24. The van der Waals surface area contributed by atoms with Crippen LogP contribution in [-0.2, 0) is 6.54 Å². The minimum atomic E-state index is 0.0527. The molecule has 0 saturated heterocycles. The zero-order valence-corrected chi connectivity index (χ0v) is 8.79. The van der Waals surface area contributed by atoms with Gasteiger partial charge in [-0.25, -0.2) is 0 Å². The molecule has 0 unspecified atom stereocenters. The minimum absolute atomic E-state index is 0.0527. The van der Waals surface area contributed by atoms with Crippen molar-refractivity contribution in [2.75, 3.05) is 0 Å². The van der Waals surface area contributed by atoms with E-state index in [2.05, 4.69) is 20.2 Å². The summed E-state index contributed by atoms with van der Waals surface area (Å²) in [7, 11) is 0. The van der Waals surface area contributed by atoms with Crippen molar-refractivity contribution in [2.45, 2.75) is 6.54 Å². The number of hydrogen-bond donors (Lipinski definition) is 0. The van der Waals surface area contributed by atoms with Crippen LogP contribution in [0.2, 0.25) is 5.02 Å². The second-order valence-electron chi connectivity index (χ2n) is 2.90. The Morgan fingerprint density at radius 2 is 2.06 bits per heavy atom. The average molecular weight is 236 g/mol. The lowest BCUT2D eigenvalue weighted by atomic mass is 10.2. The number of halogens is 1. The first-order valence-electron chi connectivity index (χ1n) is 4.39. The molecule has 1 aromatic carbocycles. The standard InChI is InChI=1S/C9H6ClN5O/c10-7-3-1-6(2-4-7)9-14-13-8(16-9)5-12-15-11/h1-4H,5H2. The number of nitrogens with zero attached hydrogens (tertiary/aromatic N) is 5. The summed E-state index contributed by atoms with van der Waals surface area (Å²) in [6, 6.07) is 7.00. The average Bonchev–Trinajstić information content (AvgIpc) is 2.76. The van der Waals surface area contributed by atoms with E-state index in [1.807, 2.05) is 0 Å². The zero-order valence-electron chi connectivity index (χ0n) is 8.04. The first-order chi connectivity index (χ1) is 7.79. The van der Waals surface area contributed by atoms with Gasteiger partial charge in [-0.3, -0.25) is 0 Å². The summed E-state index contributed by atoms with van der Waals surface area (Å²) in [5, 5.41) is 11.5. The van der Waals surface area contributed by atoms with Gasteiger partial charge in [0.2, 0.25) is 11.8 Å². The SMILES string of the molecule is [N-]=[N+]=NCc1nnc(-c2ccc(Cl)cc2)o1. The van der Waals surface area contributed by atoms with Gasteiger partial charge in [-0.1, -0.05) is 16.7 Å². The highest BCUT2D eigenvalue weighted by molar-refractivity contribution is 6.30. The number of azide groups is 1. The van der Waals surface area contributed by atoms with Gasteiger partial charge >= 0.3 is 0 Å². The fourth-order valence-corrected chi connectivity index (χ4v) is 1.24. The van der Waals surface area contributed by atoms with Crippen molar-refractivity contribution in [3.8, 4) is 11.5 Å². The Hall–Kier alpha value is -2.04. The van der Waals surface area contributed by atoms with Crippen molar-refractivity contribution in [1.29, 1.82) is 0 Å². The van der Waals surface area contributed by atoms with E-state index in [-0.39, 0.29) is 12.4 Å². The van der Waals surface area contributed by atoms with Crippen LogP contribution in [0.1, 0.15) is 5.89 Å². The van der Waals surface area contributed by atoms with Crippen molar-refractivity contribution >= 4 is 11.6 Å². The Morgan fingerprint density at radius 1 is 1.31 bits per heavy atom. The molecule has 2 aromatic rings. The first-order valence-corrected chi connectivity index (χ1v) is 4.76. The highest BCUT2D eigenvalue weighted by atomic mass is 35.5. The molecule has 0 amide bonds. The minimum Gasteiger partial charge on any atom is -0.421 e. The molecule has 7 heteroatoms. The fourth-order valence-electron chi connectivity index (χ4n) is 1.12. The zero-order chi connectivity index (χ0) is 11.4. The lowest BCUT2D eigenvalue weighted by molar-refractivity contribution is 0.508. The van der Waals surface area contributed by atoms with Crippen molar-refractivity contribution in [2.24, 2.45) is 5.11 Å². The van der Waals surface area contributed by atoms with Crippen LogP contribution in [0.5, 0.6) is 0 Å². The maximum Gasteiger partial charge on any atom is 0.247 e. The van der Waals surface area contributed by atoms with E-state index >= 15 is 0 Å². The molecule has 0 N–H and O–H groups in total. The largest absolute Gasteiger partial charge is 0.421 e. The Bertz CT molecular complexity index is 529. The van der Waals surface area contributed by atoms with Gasteiger partial charge in [0.1, 0.15) is 6.54 Å². The van der Waals surface area contributed by atoms with Gasteiger partial charge < -0.3 is 4.42 Å². The predicted octanol–water partition coefficient (Wildman–Crippen LogP) is 3.20. The Labute approximate surface area is 95.5 Å². The van der Waals surface area contributed by atoms with Gasteiger partial charge in [0.05, 0.1) is 0 Å². The summed E-state index contributed by atoms with van der Waals surface area (Å²) >= 11 is 5.75. The summed E-state index contributed by atoms with van der Waals surface area (Å²) in [5.41, 5.74) is 8.90. The van der Waals surface area contributed by atoms with Crippen molar-refractivity contribution < 1.29 is 4.42 Å². The number of benzene rings is 1. The molecule has 0 spiro atoms. The highest BCUT2D eigenvalue weighted by Crippen LogP contribution is 2.20. The smallest absolute Gasteiger partial charge is 0.247 e. The van der Waals surface area contributed by atoms with E-state index < -0.39 is 0 Å². The van der Waals surface area contributed by atoms with Crippen LogP contribution in [0.3, 0.4) is 0 Å². The van der Waals surface area contributed by atoms with Gasteiger partial charge in [0.25, 0.3) is 0 Å². The molecular weight excluding hydrogens is 230 g/mol. The van der Waals surface area contributed by atoms with E-state index in [1.54, 1.807) is 24.3 Å². The molecule has 0 aliphatic rings. The van der Waals surface area contributed by atoms with Gasteiger partial charge in [-0.15, -0.1) is 10.2 Å². The monoisotopic (exact) mass is 235 g/mol. The molecule has 0 radical (unpaired) electrons. The maximum absolute atomic E-state index is 8.14. The van der Waals surface area contributed by atoms with E-state index in [1.165, 1.54) is 0 Å². The summed E-state index contributed by atoms with van der Waals surface area (Å²) in [6.45, 7) is 0.0527. The van der Waals surface area contributed by atoms with E-state index in [0.717, 1.165) is 5.56 Å². The molecule has 0 fully saturated rings. The van der Waals surface area contributed by atoms with Gasteiger partial charge in [0, 0.05) is 15.5 Å². The lowest BCUT2D eigenvalue weighted by Crippen LogP contribution is -1.78. The summed E-state index contributed by atoms with van der Waals surface area (Å²) in [4.78, 5) is 2.60. The van der Waals surface area contributed by atoms with Crippen LogP contribution in [0, 0.1) is 0 Å². The van der Waals surface area contributed by atoms with Gasteiger partial charge in [0.15, 0.2) is 0 Å². The molecule has 6 nitrogen and oxygen atoms in total. The first kappa shape index (κ1) is 10.5. The third-order valence-electron chi connectivity index (χ3n) is 1.83. The molecule has 16 heavy (non-hydrogen) atoms. The Kier molecular flexibility index (Phi) is 3.05. The number of aromatic nitrogens is 2. The summed E-state index contributed by atoms with van der Waals surface area (Å²) < 4.78 is 5.28. The van der Waals surface area contributed by atoms with E-state index in [4.69, 9.17) is 21.5 Å². The fraction of sp³-hybridized carbons (Fsp3) is 0.111. The van der Waals surface area contributed by atoms with Crippen LogP contribution in [-0.4, -0.2) is 10.2 Å². The predicted molar refractivity (Wildman–Crippen MR) is 57.6 cm³/mol. The number of hydrogen-bond acceptors (Lipinski definition) is 4. The second-order valence-corrected chi connectivity index (χ2v) is 3.33. The molecule has 80 valence electrons. The maximum atomic E-state index is 8.14. The molecule has 1 heterocycles. The molecule has 0 atom stereocenters. The van der Waals surface area contributed by atoms with Crippen molar-refractivity contribution in [3.05, 3.63) is 45.6 Å². The molecule has 0 saturated carbocycles. The molecule has 1 aromatic heterocycles. The van der Waals surface area contributed by atoms with Crippen molar-refractivity contribution in [3.63, 3.8) is 0 Å². The topological polar surface area (TPSA) is 87.7 Å². The van der Waals surface area contributed by atoms with Crippen molar-refractivity contribution in [1.82, 2.24) is 10.2 Å². The number of rotatable bonds is 3. The molecule has 0 aliphatic carbocycles. The van der Waals surface area contributed by atoms with Crippen LogP contribution in [0.4, 0.5) is 0 Å². The van der Waals surface area contributed by atoms with Gasteiger partial charge in [-0.2, -0.15) is 0 Å². The third kappa shape index (κ3) is 2.31. The van der Waals surface area contributed by atoms with E-state index in [9.17, 15) is 0 Å². The lowest BCUT2D eigenvalue weighted by Gasteiger charge is -1.93. The molecular formula is C9H6ClN5O. The van der Waals surface area contributed by atoms with Crippen LogP contribution >= 0.6 is 11.6 Å². The molecule has 2 rings (SSSR count). The molecule has 0 aliphatic heterocycles. The molecule has 0 bridgehead atoms. The third-order valence-corrected chi connectivity index (χ3v) is 2.08. The summed E-state index contributed by atoms with van der Waals surface area (Å²) in [6.07, 6.45) is 0. The van der Waals surface area contributed by atoms with Crippen LogP contribution < -0.4 is 0 Å². The van der Waals surface area contributed by atoms with Crippen LogP contribution in [0.15, 0.2) is 33.8 Å². The van der Waals surface area contributed by atoms with Crippen LogP contribution in [0.25, 0.3) is 21.9 Å². The van der Waals surface area contributed by atoms with E-state index in [0.29, 0.717) is 10.9 Å². The second kappa shape index (κ2) is 4.65. The summed E-state index contributed by atoms with van der Waals surface area (Å²) in [5.74, 6) is 0.655. The quantitative estimate of drug-likeness (QED) is 0.465. The highest BCUT2D eigenvalue weighted by Gasteiger charge is 2.07.